The standard InChI is InChI=1S/C8H14O4/c9-5-6(10)8(11)7-3-1-2-4-12-7/h6-7,9-10H,1-5H2. The summed E-state index contributed by atoms with van der Waals surface area (Å²) in [7, 11) is 0. The lowest BCUT2D eigenvalue weighted by molar-refractivity contribution is -0.143. The van der Waals surface area contributed by atoms with E-state index in [1.807, 2.05) is 0 Å². The molecule has 1 heterocycles. The zero-order valence-corrected chi connectivity index (χ0v) is 6.90. The van der Waals surface area contributed by atoms with Gasteiger partial charge in [0, 0.05) is 6.61 Å². The average molecular weight is 174 g/mol. The zero-order chi connectivity index (χ0) is 8.97. The Hall–Kier alpha value is -0.450. The monoisotopic (exact) mass is 174 g/mol. The van der Waals surface area contributed by atoms with E-state index in [1.54, 1.807) is 0 Å². The molecule has 1 fully saturated rings. The fourth-order valence-corrected chi connectivity index (χ4v) is 1.27. The first-order chi connectivity index (χ1) is 5.75. The summed E-state index contributed by atoms with van der Waals surface area (Å²) in [6.07, 6.45) is 0.817. The van der Waals surface area contributed by atoms with E-state index in [9.17, 15) is 4.79 Å². The summed E-state index contributed by atoms with van der Waals surface area (Å²) in [5, 5.41) is 17.5. The molecule has 2 unspecified atom stereocenters. The van der Waals surface area contributed by atoms with Crippen LogP contribution in [0.15, 0.2) is 0 Å². The second-order valence-corrected chi connectivity index (χ2v) is 2.96. The van der Waals surface area contributed by atoms with Crippen molar-refractivity contribution in [3.8, 4) is 0 Å². The molecule has 0 bridgehead atoms. The molecule has 12 heavy (non-hydrogen) atoms. The molecule has 4 nitrogen and oxygen atoms in total. The molecule has 0 radical (unpaired) electrons. The lowest BCUT2D eigenvalue weighted by atomic mass is 10.0. The molecular weight excluding hydrogens is 160 g/mol. The summed E-state index contributed by atoms with van der Waals surface area (Å²) in [6, 6.07) is 0. The average Bonchev–Trinajstić information content (AvgIpc) is 2.17. The van der Waals surface area contributed by atoms with Crippen molar-refractivity contribution in [2.45, 2.75) is 31.5 Å². The van der Waals surface area contributed by atoms with Gasteiger partial charge in [0.25, 0.3) is 0 Å². The summed E-state index contributed by atoms with van der Waals surface area (Å²) in [6.45, 7) is 0.0627. The molecule has 0 aromatic carbocycles. The second-order valence-electron chi connectivity index (χ2n) is 2.96. The van der Waals surface area contributed by atoms with Crippen LogP contribution in [0.5, 0.6) is 0 Å². The SMILES string of the molecule is O=C(C(O)CO)C1CCCCO1. The maximum absolute atomic E-state index is 11.2. The fraction of sp³-hybridized carbons (Fsp3) is 0.875. The first-order valence-electron chi connectivity index (χ1n) is 4.20. The molecule has 0 amide bonds. The topological polar surface area (TPSA) is 66.8 Å². The Balaban J connectivity index is 2.39. The van der Waals surface area contributed by atoms with Gasteiger partial charge in [0.15, 0.2) is 5.78 Å². The van der Waals surface area contributed by atoms with Crippen LogP contribution < -0.4 is 0 Å². The van der Waals surface area contributed by atoms with E-state index >= 15 is 0 Å². The third-order valence-electron chi connectivity index (χ3n) is 2.00. The highest BCUT2D eigenvalue weighted by atomic mass is 16.5. The van der Waals surface area contributed by atoms with Crippen molar-refractivity contribution >= 4 is 5.78 Å². The highest BCUT2D eigenvalue weighted by molar-refractivity contribution is 5.87. The number of aliphatic hydroxyl groups excluding tert-OH is 2. The van der Waals surface area contributed by atoms with Crippen molar-refractivity contribution < 1.29 is 19.7 Å². The predicted octanol–water partition coefficient (Wildman–Crippen LogP) is -0.522. The van der Waals surface area contributed by atoms with E-state index in [-0.39, 0.29) is 0 Å². The van der Waals surface area contributed by atoms with Crippen molar-refractivity contribution in [2.24, 2.45) is 0 Å². The van der Waals surface area contributed by atoms with Crippen molar-refractivity contribution in [1.82, 2.24) is 0 Å². The van der Waals surface area contributed by atoms with E-state index in [4.69, 9.17) is 14.9 Å². The molecule has 0 aromatic rings. The van der Waals surface area contributed by atoms with Crippen LogP contribution in [-0.4, -0.2) is 41.4 Å². The number of Topliss-reactive ketones (excluding diaryl/α,β-unsaturated/α-hetero) is 1. The van der Waals surface area contributed by atoms with Gasteiger partial charge in [-0.25, -0.2) is 0 Å². The zero-order valence-electron chi connectivity index (χ0n) is 6.90. The summed E-state index contributed by atoms with van der Waals surface area (Å²) >= 11 is 0. The third kappa shape index (κ3) is 2.27. The molecule has 0 aliphatic carbocycles. The predicted molar refractivity (Wildman–Crippen MR) is 41.7 cm³/mol. The van der Waals surface area contributed by atoms with Crippen LogP contribution in [-0.2, 0) is 9.53 Å². The highest BCUT2D eigenvalue weighted by Crippen LogP contribution is 2.14. The minimum absolute atomic E-state index is 0.391. The Kier molecular flexibility index (Phi) is 3.65. The van der Waals surface area contributed by atoms with Crippen LogP contribution in [0.4, 0.5) is 0 Å². The van der Waals surface area contributed by atoms with Crippen molar-refractivity contribution in [1.29, 1.82) is 0 Å². The number of aliphatic hydroxyl groups is 2. The summed E-state index contributed by atoms with van der Waals surface area (Å²) in [5.41, 5.74) is 0. The van der Waals surface area contributed by atoms with E-state index in [2.05, 4.69) is 0 Å². The van der Waals surface area contributed by atoms with Gasteiger partial charge in [0.2, 0.25) is 0 Å². The number of ether oxygens (including phenoxy) is 1. The lowest BCUT2D eigenvalue weighted by Crippen LogP contribution is -2.38. The van der Waals surface area contributed by atoms with E-state index in [1.165, 1.54) is 0 Å². The van der Waals surface area contributed by atoms with Gasteiger partial charge in [-0.2, -0.15) is 0 Å². The number of carbonyl (C=O) groups is 1. The van der Waals surface area contributed by atoms with E-state index in [0.717, 1.165) is 12.8 Å². The van der Waals surface area contributed by atoms with Gasteiger partial charge >= 0.3 is 0 Å². The Morgan fingerprint density at radius 2 is 2.33 bits per heavy atom. The Bertz CT molecular complexity index is 151. The smallest absolute Gasteiger partial charge is 0.192 e. The fourth-order valence-electron chi connectivity index (χ4n) is 1.27. The van der Waals surface area contributed by atoms with Gasteiger partial charge in [0.05, 0.1) is 6.61 Å². The summed E-state index contributed by atoms with van der Waals surface area (Å²) in [5.74, 6) is -0.391. The van der Waals surface area contributed by atoms with Gasteiger partial charge < -0.3 is 14.9 Å². The normalized spacial score (nSPS) is 26.7. The Morgan fingerprint density at radius 1 is 1.58 bits per heavy atom. The highest BCUT2D eigenvalue weighted by Gasteiger charge is 2.26. The first-order valence-corrected chi connectivity index (χ1v) is 4.20. The van der Waals surface area contributed by atoms with Gasteiger partial charge in [-0.1, -0.05) is 0 Å². The number of ketones is 1. The number of hydrogen-bond acceptors (Lipinski definition) is 4. The number of carbonyl (C=O) groups excluding carboxylic acids is 1. The molecule has 70 valence electrons. The molecule has 1 aliphatic heterocycles. The summed E-state index contributed by atoms with van der Waals surface area (Å²) < 4.78 is 5.14. The maximum atomic E-state index is 11.2. The molecule has 1 saturated heterocycles. The molecule has 1 rings (SSSR count). The van der Waals surface area contributed by atoms with Crippen molar-refractivity contribution in [3.05, 3.63) is 0 Å². The minimum Gasteiger partial charge on any atom is -0.393 e. The quantitative estimate of drug-likeness (QED) is 0.604. The van der Waals surface area contributed by atoms with E-state index in [0.29, 0.717) is 13.0 Å². The Labute approximate surface area is 71.2 Å². The van der Waals surface area contributed by atoms with Gasteiger partial charge in [0.1, 0.15) is 12.2 Å². The molecule has 0 spiro atoms. The van der Waals surface area contributed by atoms with Crippen LogP contribution in [0.2, 0.25) is 0 Å². The first kappa shape index (κ1) is 9.64. The van der Waals surface area contributed by atoms with Gasteiger partial charge in [-0.05, 0) is 19.3 Å². The van der Waals surface area contributed by atoms with Crippen molar-refractivity contribution in [3.63, 3.8) is 0 Å². The largest absolute Gasteiger partial charge is 0.393 e. The molecule has 0 saturated carbocycles. The van der Waals surface area contributed by atoms with Crippen LogP contribution in [0.25, 0.3) is 0 Å². The van der Waals surface area contributed by atoms with Crippen LogP contribution in [0, 0.1) is 0 Å². The number of hydrogen-bond donors (Lipinski definition) is 2. The van der Waals surface area contributed by atoms with Gasteiger partial charge in [-0.3, -0.25) is 4.79 Å². The molecule has 2 atom stereocenters. The molecule has 1 aliphatic rings. The molecule has 2 N–H and O–H groups in total. The Morgan fingerprint density at radius 3 is 2.83 bits per heavy atom. The number of rotatable bonds is 3. The van der Waals surface area contributed by atoms with Crippen LogP contribution in [0.3, 0.4) is 0 Å². The van der Waals surface area contributed by atoms with Crippen LogP contribution in [0.1, 0.15) is 19.3 Å². The third-order valence-corrected chi connectivity index (χ3v) is 2.00. The van der Waals surface area contributed by atoms with E-state index < -0.39 is 24.6 Å². The van der Waals surface area contributed by atoms with Gasteiger partial charge in [-0.15, -0.1) is 0 Å². The maximum Gasteiger partial charge on any atom is 0.192 e. The summed E-state index contributed by atoms with van der Waals surface area (Å²) in [4.78, 5) is 11.2. The van der Waals surface area contributed by atoms with Crippen molar-refractivity contribution in [2.75, 3.05) is 13.2 Å². The molecule has 4 heteroatoms. The minimum atomic E-state index is -1.27. The second kappa shape index (κ2) is 4.54. The lowest BCUT2D eigenvalue weighted by Gasteiger charge is -2.22. The van der Waals surface area contributed by atoms with Crippen LogP contribution >= 0.6 is 0 Å². The molecular formula is C8H14O4. The molecule has 0 aromatic heterocycles.